The van der Waals surface area contributed by atoms with Gasteiger partial charge in [0.15, 0.2) is 0 Å². The van der Waals surface area contributed by atoms with Gasteiger partial charge in [-0.15, -0.1) is 0 Å². The van der Waals surface area contributed by atoms with Crippen LogP contribution in [0.5, 0.6) is 0 Å². The maximum absolute atomic E-state index is 6.18. The molecule has 0 radical (unpaired) electrons. The first kappa shape index (κ1) is 14.8. The lowest BCUT2D eigenvalue weighted by Gasteiger charge is -2.16. The molecule has 0 fully saturated rings. The first-order chi connectivity index (χ1) is 9.11. The summed E-state index contributed by atoms with van der Waals surface area (Å²) in [6.45, 7) is 0. The number of halogens is 3. The van der Waals surface area contributed by atoms with Crippen LogP contribution < -0.4 is 11.3 Å². The molecule has 0 bridgehead atoms. The number of hydrogen-bond acceptors (Lipinski definition) is 3. The summed E-state index contributed by atoms with van der Waals surface area (Å²) in [5, 5.41) is 1.10. The van der Waals surface area contributed by atoms with Gasteiger partial charge in [-0.1, -0.05) is 35.3 Å². The molecule has 6 heteroatoms. The zero-order chi connectivity index (χ0) is 13.8. The van der Waals surface area contributed by atoms with Gasteiger partial charge in [0.1, 0.15) is 0 Å². The van der Waals surface area contributed by atoms with Gasteiger partial charge in [-0.3, -0.25) is 16.3 Å². The molecule has 1 atom stereocenters. The Morgan fingerprint density at radius 2 is 2.05 bits per heavy atom. The molecule has 100 valence electrons. The van der Waals surface area contributed by atoms with Gasteiger partial charge in [0.2, 0.25) is 0 Å². The largest absolute Gasteiger partial charge is 0.271 e. The maximum atomic E-state index is 6.18. The number of pyridine rings is 1. The molecule has 0 saturated heterocycles. The van der Waals surface area contributed by atoms with Crippen LogP contribution in [0, 0.1) is 0 Å². The van der Waals surface area contributed by atoms with Crippen molar-refractivity contribution in [2.24, 2.45) is 5.84 Å². The van der Waals surface area contributed by atoms with Crippen LogP contribution >= 0.6 is 39.1 Å². The average molecular weight is 361 g/mol. The first-order valence-corrected chi connectivity index (χ1v) is 7.17. The first-order valence-electron chi connectivity index (χ1n) is 5.62. The van der Waals surface area contributed by atoms with Crippen molar-refractivity contribution in [2.75, 3.05) is 0 Å². The SMILES string of the molecule is NNC(Cc1cccc(Cl)c1Cl)c1ccc(Br)cn1. The van der Waals surface area contributed by atoms with E-state index in [-0.39, 0.29) is 6.04 Å². The lowest BCUT2D eigenvalue weighted by molar-refractivity contribution is 0.538. The summed E-state index contributed by atoms with van der Waals surface area (Å²) in [5.41, 5.74) is 4.53. The van der Waals surface area contributed by atoms with Crippen LogP contribution in [0.25, 0.3) is 0 Å². The number of rotatable bonds is 4. The minimum absolute atomic E-state index is 0.121. The third kappa shape index (κ3) is 3.68. The second kappa shape index (κ2) is 6.68. The third-order valence-electron chi connectivity index (χ3n) is 2.76. The van der Waals surface area contributed by atoms with E-state index in [0.29, 0.717) is 16.5 Å². The second-order valence-corrected chi connectivity index (χ2v) is 5.74. The molecule has 0 aliphatic rings. The van der Waals surface area contributed by atoms with E-state index < -0.39 is 0 Å². The summed E-state index contributed by atoms with van der Waals surface area (Å²) in [6.07, 6.45) is 2.35. The molecule has 2 rings (SSSR count). The maximum Gasteiger partial charge on any atom is 0.0672 e. The van der Waals surface area contributed by atoms with Gasteiger partial charge in [-0.05, 0) is 46.1 Å². The molecule has 0 aliphatic carbocycles. The topological polar surface area (TPSA) is 50.9 Å². The normalized spacial score (nSPS) is 12.4. The van der Waals surface area contributed by atoms with E-state index in [1.165, 1.54) is 0 Å². The smallest absolute Gasteiger partial charge is 0.0672 e. The Kier molecular flexibility index (Phi) is 5.19. The molecule has 1 heterocycles. The van der Waals surface area contributed by atoms with Gasteiger partial charge in [0.05, 0.1) is 21.8 Å². The molecule has 19 heavy (non-hydrogen) atoms. The monoisotopic (exact) mass is 359 g/mol. The Morgan fingerprint density at radius 1 is 1.26 bits per heavy atom. The minimum Gasteiger partial charge on any atom is -0.271 e. The van der Waals surface area contributed by atoms with Crippen molar-refractivity contribution in [2.45, 2.75) is 12.5 Å². The summed E-state index contributed by atoms with van der Waals surface area (Å²) < 4.78 is 0.924. The fraction of sp³-hybridized carbons (Fsp3) is 0.154. The average Bonchev–Trinajstić information content (AvgIpc) is 2.42. The van der Waals surface area contributed by atoms with Crippen molar-refractivity contribution in [1.82, 2.24) is 10.4 Å². The van der Waals surface area contributed by atoms with Gasteiger partial charge in [-0.25, -0.2) is 0 Å². The summed E-state index contributed by atoms with van der Waals surface area (Å²) >= 11 is 15.5. The molecule has 3 N–H and O–H groups in total. The lowest BCUT2D eigenvalue weighted by atomic mass is 10.0. The van der Waals surface area contributed by atoms with Crippen LogP contribution in [0.2, 0.25) is 10.0 Å². The molecular formula is C13H12BrCl2N3. The van der Waals surface area contributed by atoms with E-state index in [4.69, 9.17) is 29.0 Å². The van der Waals surface area contributed by atoms with Crippen LogP contribution in [0.3, 0.4) is 0 Å². The molecule has 2 aromatic rings. The Balaban J connectivity index is 2.24. The Bertz CT molecular complexity index is 560. The lowest BCUT2D eigenvalue weighted by Crippen LogP contribution is -2.30. The fourth-order valence-electron chi connectivity index (χ4n) is 1.77. The van der Waals surface area contributed by atoms with Crippen molar-refractivity contribution in [3.63, 3.8) is 0 Å². The van der Waals surface area contributed by atoms with Crippen LogP contribution in [-0.2, 0) is 6.42 Å². The van der Waals surface area contributed by atoms with Crippen molar-refractivity contribution < 1.29 is 0 Å². The van der Waals surface area contributed by atoms with Gasteiger partial charge in [0, 0.05) is 10.7 Å². The quantitative estimate of drug-likeness (QED) is 0.642. The van der Waals surface area contributed by atoms with Gasteiger partial charge >= 0.3 is 0 Å². The van der Waals surface area contributed by atoms with Gasteiger partial charge in [-0.2, -0.15) is 0 Å². The summed E-state index contributed by atoms with van der Waals surface area (Å²) in [4.78, 5) is 4.33. The second-order valence-electron chi connectivity index (χ2n) is 4.04. The number of benzene rings is 1. The van der Waals surface area contributed by atoms with Crippen LogP contribution in [0.15, 0.2) is 41.0 Å². The molecule has 1 unspecified atom stereocenters. The van der Waals surface area contributed by atoms with E-state index >= 15 is 0 Å². The highest BCUT2D eigenvalue weighted by atomic mass is 79.9. The van der Waals surface area contributed by atoms with Crippen molar-refractivity contribution in [1.29, 1.82) is 0 Å². The Morgan fingerprint density at radius 3 is 2.68 bits per heavy atom. The summed E-state index contributed by atoms with van der Waals surface area (Å²) in [5.74, 6) is 5.60. The molecule has 0 aliphatic heterocycles. The molecule has 0 saturated carbocycles. The molecular weight excluding hydrogens is 349 g/mol. The number of nitrogens with two attached hydrogens (primary N) is 1. The van der Waals surface area contributed by atoms with Crippen molar-refractivity contribution in [3.8, 4) is 0 Å². The molecule has 1 aromatic carbocycles. The standard InChI is InChI=1S/C13H12BrCl2N3/c14-9-4-5-11(18-7-9)12(19-17)6-8-2-1-3-10(15)13(8)16/h1-5,7,12,19H,6,17H2. The highest BCUT2D eigenvalue weighted by Crippen LogP contribution is 2.28. The molecule has 0 spiro atoms. The Hall–Kier alpha value is -0.650. The fourth-order valence-corrected chi connectivity index (χ4v) is 2.40. The van der Waals surface area contributed by atoms with E-state index in [2.05, 4.69) is 26.3 Å². The molecule has 3 nitrogen and oxygen atoms in total. The van der Waals surface area contributed by atoms with Crippen LogP contribution in [0.4, 0.5) is 0 Å². The summed E-state index contributed by atoms with van der Waals surface area (Å²) in [6, 6.07) is 9.27. The number of aromatic nitrogens is 1. The van der Waals surface area contributed by atoms with Gasteiger partial charge < -0.3 is 0 Å². The predicted octanol–water partition coefficient (Wildman–Crippen LogP) is 3.90. The zero-order valence-corrected chi connectivity index (χ0v) is 13.0. The third-order valence-corrected chi connectivity index (χ3v) is 4.09. The van der Waals surface area contributed by atoms with E-state index in [1.54, 1.807) is 12.3 Å². The number of hydrazine groups is 1. The summed E-state index contributed by atoms with van der Waals surface area (Å²) in [7, 11) is 0. The van der Waals surface area contributed by atoms with E-state index in [0.717, 1.165) is 15.7 Å². The molecule has 0 amide bonds. The highest BCUT2D eigenvalue weighted by molar-refractivity contribution is 9.10. The van der Waals surface area contributed by atoms with Crippen molar-refractivity contribution in [3.05, 3.63) is 62.3 Å². The molecule has 1 aromatic heterocycles. The number of nitrogens with zero attached hydrogens (tertiary/aromatic N) is 1. The highest BCUT2D eigenvalue weighted by Gasteiger charge is 2.14. The predicted molar refractivity (Wildman–Crippen MR) is 82.2 cm³/mol. The Labute approximate surface area is 130 Å². The van der Waals surface area contributed by atoms with E-state index in [1.807, 2.05) is 24.3 Å². The van der Waals surface area contributed by atoms with E-state index in [9.17, 15) is 0 Å². The van der Waals surface area contributed by atoms with Crippen LogP contribution in [0.1, 0.15) is 17.3 Å². The minimum atomic E-state index is -0.121. The van der Waals surface area contributed by atoms with Crippen molar-refractivity contribution >= 4 is 39.1 Å². The number of nitrogens with one attached hydrogen (secondary N) is 1. The number of hydrogen-bond donors (Lipinski definition) is 2. The zero-order valence-electron chi connectivity index (χ0n) is 9.91. The van der Waals surface area contributed by atoms with Crippen LogP contribution in [-0.4, -0.2) is 4.98 Å². The van der Waals surface area contributed by atoms with Gasteiger partial charge in [0.25, 0.3) is 0 Å².